The fourth-order valence-electron chi connectivity index (χ4n) is 2.44. The minimum Gasteiger partial charge on any atom is -0.495 e. The standard InChI is InChI=1S/C16H16I2N2O3S/c1-4-19-14(21)11(15(22)20(5-2)16(19)24)7-9-6-10(17)8-12(18)13(9)23-3/h6-8H,4-5H2,1-3H3. The monoisotopic (exact) mass is 570 g/mol. The first kappa shape index (κ1) is 19.6. The lowest BCUT2D eigenvalue weighted by molar-refractivity contribution is -0.133. The molecule has 0 unspecified atom stereocenters. The predicted molar refractivity (Wildman–Crippen MR) is 114 cm³/mol. The van der Waals surface area contributed by atoms with E-state index in [-0.39, 0.29) is 22.5 Å². The maximum atomic E-state index is 12.7. The highest BCUT2D eigenvalue weighted by Crippen LogP contribution is 2.31. The van der Waals surface area contributed by atoms with Crippen molar-refractivity contribution in [1.29, 1.82) is 0 Å². The summed E-state index contributed by atoms with van der Waals surface area (Å²) in [6.07, 6.45) is 1.60. The highest BCUT2D eigenvalue weighted by atomic mass is 127. The van der Waals surface area contributed by atoms with Gasteiger partial charge < -0.3 is 4.74 Å². The summed E-state index contributed by atoms with van der Waals surface area (Å²) in [5, 5.41) is 0.260. The molecule has 24 heavy (non-hydrogen) atoms. The van der Waals surface area contributed by atoms with Crippen LogP contribution in [0.3, 0.4) is 0 Å². The number of hydrogen-bond acceptors (Lipinski definition) is 4. The number of amides is 2. The van der Waals surface area contributed by atoms with Gasteiger partial charge in [-0.25, -0.2) is 0 Å². The van der Waals surface area contributed by atoms with Crippen molar-refractivity contribution in [3.8, 4) is 5.75 Å². The highest BCUT2D eigenvalue weighted by molar-refractivity contribution is 14.1. The molecule has 0 atom stereocenters. The Bertz CT molecular complexity index is 721. The van der Waals surface area contributed by atoms with Gasteiger partial charge in [0, 0.05) is 22.2 Å². The Morgan fingerprint density at radius 2 is 1.67 bits per heavy atom. The quantitative estimate of drug-likeness (QED) is 0.242. The van der Waals surface area contributed by atoms with Crippen LogP contribution < -0.4 is 4.74 Å². The van der Waals surface area contributed by atoms with E-state index < -0.39 is 0 Å². The zero-order chi connectivity index (χ0) is 18.0. The Hall–Kier alpha value is -0.750. The molecule has 2 amide bonds. The SMILES string of the molecule is CCN1C(=O)C(=Cc2cc(I)cc(I)c2OC)C(=O)N(CC)C1=S. The van der Waals surface area contributed by atoms with Crippen LogP contribution in [0.5, 0.6) is 5.75 Å². The number of thiocarbonyl (C=S) groups is 1. The van der Waals surface area contributed by atoms with Gasteiger partial charge in [-0.05, 0) is 89.5 Å². The van der Waals surface area contributed by atoms with Gasteiger partial charge in [0.15, 0.2) is 5.11 Å². The van der Waals surface area contributed by atoms with Gasteiger partial charge in [0.2, 0.25) is 0 Å². The van der Waals surface area contributed by atoms with E-state index in [1.807, 2.05) is 26.0 Å². The summed E-state index contributed by atoms with van der Waals surface area (Å²) in [5.41, 5.74) is 0.800. The van der Waals surface area contributed by atoms with Crippen molar-refractivity contribution in [1.82, 2.24) is 9.80 Å². The van der Waals surface area contributed by atoms with Crippen molar-refractivity contribution in [2.24, 2.45) is 0 Å². The average molecular weight is 570 g/mol. The first-order chi connectivity index (χ1) is 11.3. The Balaban J connectivity index is 2.61. The maximum Gasteiger partial charge on any atom is 0.265 e. The summed E-state index contributed by atoms with van der Waals surface area (Å²) < 4.78 is 7.35. The van der Waals surface area contributed by atoms with Crippen LogP contribution in [0.4, 0.5) is 0 Å². The van der Waals surface area contributed by atoms with Crippen LogP contribution in [0.1, 0.15) is 19.4 Å². The molecule has 0 aliphatic carbocycles. The second-order valence-electron chi connectivity index (χ2n) is 4.95. The number of nitrogens with zero attached hydrogens (tertiary/aromatic N) is 2. The molecule has 0 aromatic heterocycles. The molecule has 1 saturated heterocycles. The third kappa shape index (κ3) is 3.59. The lowest BCUT2D eigenvalue weighted by Crippen LogP contribution is -2.55. The largest absolute Gasteiger partial charge is 0.495 e. The van der Waals surface area contributed by atoms with Gasteiger partial charge in [-0.3, -0.25) is 19.4 Å². The molecule has 1 aromatic rings. The van der Waals surface area contributed by atoms with Crippen LogP contribution in [-0.2, 0) is 9.59 Å². The van der Waals surface area contributed by atoms with Gasteiger partial charge in [0.05, 0.1) is 10.7 Å². The summed E-state index contributed by atoms with van der Waals surface area (Å²) in [7, 11) is 1.57. The number of ether oxygens (including phenoxy) is 1. The minimum absolute atomic E-state index is 0.100. The summed E-state index contributed by atoms with van der Waals surface area (Å²) in [6, 6.07) is 3.85. The number of benzene rings is 1. The molecule has 8 heteroatoms. The Morgan fingerprint density at radius 1 is 1.12 bits per heavy atom. The molecule has 5 nitrogen and oxygen atoms in total. The summed E-state index contributed by atoms with van der Waals surface area (Å²) in [5.74, 6) is -0.0930. The van der Waals surface area contributed by atoms with Gasteiger partial charge in [0.25, 0.3) is 11.8 Å². The number of likely N-dealkylation sites (N-methyl/N-ethyl adjacent to an activating group) is 2. The van der Waals surface area contributed by atoms with Crippen molar-refractivity contribution >= 4 is 80.4 Å². The van der Waals surface area contributed by atoms with Crippen LogP contribution in [-0.4, -0.2) is 46.9 Å². The van der Waals surface area contributed by atoms with Crippen LogP contribution in [0.15, 0.2) is 17.7 Å². The van der Waals surface area contributed by atoms with Crippen molar-refractivity contribution in [3.05, 3.63) is 30.4 Å². The minimum atomic E-state index is -0.367. The van der Waals surface area contributed by atoms with Gasteiger partial charge >= 0.3 is 0 Å². The third-order valence-electron chi connectivity index (χ3n) is 3.59. The van der Waals surface area contributed by atoms with Crippen molar-refractivity contribution in [3.63, 3.8) is 0 Å². The van der Waals surface area contributed by atoms with Gasteiger partial charge in [0.1, 0.15) is 11.3 Å². The molecule has 128 valence electrons. The lowest BCUT2D eigenvalue weighted by Gasteiger charge is -2.35. The van der Waals surface area contributed by atoms with E-state index in [0.717, 1.165) is 7.14 Å². The molecule has 0 N–H and O–H groups in total. The molecule has 0 bridgehead atoms. The summed E-state index contributed by atoms with van der Waals surface area (Å²) in [4.78, 5) is 28.3. The van der Waals surface area contributed by atoms with Crippen LogP contribution in [0, 0.1) is 7.14 Å². The molecule has 1 aromatic carbocycles. The van der Waals surface area contributed by atoms with Gasteiger partial charge in [-0.15, -0.1) is 0 Å². The molecule has 2 rings (SSSR count). The molecular formula is C16H16I2N2O3S. The maximum absolute atomic E-state index is 12.7. The van der Waals surface area contributed by atoms with Gasteiger partial charge in [-0.2, -0.15) is 0 Å². The Labute approximate surface area is 173 Å². The number of carbonyl (C=O) groups is 2. The average Bonchev–Trinajstić information content (AvgIpc) is 2.52. The zero-order valence-electron chi connectivity index (χ0n) is 13.4. The first-order valence-corrected chi connectivity index (χ1v) is 9.84. The van der Waals surface area contributed by atoms with E-state index in [4.69, 9.17) is 17.0 Å². The molecule has 0 spiro atoms. The van der Waals surface area contributed by atoms with Crippen LogP contribution in [0.2, 0.25) is 0 Å². The number of rotatable bonds is 4. The lowest BCUT2D eigenvalue weighted by atomic mass is 10.1. The van der Waals surface area contributed by atoms with Crippen molar-refractivity contribution in [2.75, 3.05) is 20.2 Å². The Morgan fingerprint density at radius 3 is 2.12 bits per heavy atom. The van der Waals surface area contributed by atoms with Crippen molar-refractivity contribution < 1.29 is 14.3 Å². The van der Waals surface area contributed by atoms with E-state index >= 15 is 0 Å². The molecule has 1 fully saturated rings. The smallest absolute Gasteiger partial charge is 0.265 e. The second-order valence-corrected chi connectivity index (χ2v) is 7.72. The van der Waals surface area contributed by atoms with E-state index in [0.29, 0.717) is 24.4 Å². The number of carbonyl (C=O) groups excluding carboxylic acids is 2. The summed E-state index contributed by atoms with van der Waals surface area (Å²) in [6.45, 7) is 4.50. The molecular weight excluding hydrogens is 554 g/mol. The molecule has 0 radical (unpaired) electrons. The Kier molecular flexibility index (Phi) is 6.59. The van der Waals surface area contributed by atoms with E-state index in [1.54, 1.807) is 13.2 Å². The van der Waals surface area contributed by atoms with Gasteiger partial charge in [-0.1, -0.05) is 0 Å². The number of hydrogen-bond donors (Lipinski definition) is 0. The fraction of sp³-hybridized carbons (Fsp3) is 0.312. The second kappa shape index (κ2) is 8.09. The molecule has 1 aliphatic heterocycles. The molecule has 0 saturated carbocycles. The normalized spacial score (nSPS) is 15.2. The van der Waals surface area contributed by atoms with E-state index in [1.165, 1.54) is 9.80 Å². The predicted octanol–water partition coefficient (Wildman–Crippen LogP) is 3.28. The fourth-order valence-corrected chi connectivity index (χ4v) is 4.98. The number of methoxy groups -OCH3 is 1. The third-order valence-corrected chi connectivity index (χ3v) is 5.45. The first-order valence-electron chi connectivity index (χ1n) is 7.28. The van der Waals surface area contributed by atoms with E-state index in [9.17, 15) is 9.59 Å². The zero-order valence-corrected chi connectivity index (χ0v) is 18.6. The van der Waals surface area contributed by atoms with Crippen molar-refractivity contribution in [2.45, 2.75) is 13.8 Å². The van der Waals surface area contributed by atoms with E-state index in [2.05, 4.69) is 45.2 Å². The topological polar surface area (TPSA) is 49.9 Å². The summed E-state index contributed by atoms with van der Waals surface area (Å²) >= 11 is 9.63. The molecule has 1 aliphatic rings. The van der Waals surface area contributed by atoms with Crippen LogP contribution in [0.25, 0.3) is 6.08 Å². The molecule has 1 heterocycles. The number of halogens is 2. The highest BCUT2D eigenvalue weighted by Gasteiger charge is 2.38. The van der Waals surface area contributed by atoms with Crippen LogP contribution >= 0.6 is 57.4 Å².